The molecule has 35 heavy (non-hydrogen) atoms. The predicted molar refractivity (Wildman–Crippen MR) is 132 cm³/mol. The van der Waals surface area contributed by atoms with Crippen molar-refractivity contribution in [2.45, 2.75) is 38.3 Å². The number of benzene rings is 3. The third-order valence-electron chi connectivity index (χ3n) is 6.08. The molecule has 1 aliphatic rings. The number of fused-ring (bicyclic) bond motifs is 1. The second kappa shape index (κ2) is 9.97. The molecule has 1 aliphatic heterocycles. The van der Waals surface area contributed by atoms with Gasteiger partial charge in [0, 0.05) is 5.69 Å². The standard InChI is InChI=1S/C27H27N3O5/c1-18(24(32)28-22-13-12-20-10-6-7-11-21(20)16-22)35-23(31)17-30-25(33)27(2,29-26(30)34)15-14-19-8-4-3-5-9-19/h3-13,16,18H,14-15,17H2,1-2H3,(H,28,32)(H,29,34). The number of ether oxygens (including phenoxy) is 1. The van der Waals surface area contributed by atoms with E-state index in [1.807, 2.05) is 66.7 Å². The minimum Gasteiger partial charge on any atom is -0.451 e. The largest absolute Gasteiger partial charge is 0.451 e. The highest BCUT2D eigenvalue weighted by Crippen LogP contribution is 2.23. The maximum Gasteiger partial charge on any atom is 0.327 e. The van der Waals surface area contributed by atoms with E-state index in [4.69, 9.17) is 4.74 Å². The van der Waals surface area contributed by atoms with Crippen LogP contribution < -0.4 is 10.6 Å². The van der Waals surface area contributed by atoms with Crippen molar-refractivity contribution in [3.05, 3.63) is 78.4 Å². The zero-order valence-electron chi connectivity index (χ0n) is 19.6. The fourth-order valence-corrected chi connectivity index (χ4v) is 4.03. The number of esters is 1. The summed E-state index contributed by atoms with van der Waals surface area (Å²) in [4.78, 5) is 51.1. The van der Waals surface area contributed by atoms with Crippen molar-refractivity contribution in [3.63, 3.8) is 0 Å². The number of imide groups is 1. The lowest BCUT2D eigenvalue weighted by atomic mass is 9.93. The van der Waals surface area contributed by atoms with Crippen LogP contribution in [-0.4, -0.2) is 46.9 Å². The highest BCUT2D eigenvalue weighted by atomic mass is 16.5. The van der Waals surface area contributed by atoms with Gasteiger partial charge in [0.2, 0.25) is 0 Å². The lowest BCUT2D eigenvalue weighted by molar-refractivity contribution is -0.155. The summed E-state index contributed by atoms with van der Waals surface area (Å²) < 4.78 is 5.20. The average Bonchev–Trinajstić information content (AvgIpc) is 3.06. The number of rotatable bonds is 8. The highest BCUT2D eigenvalue weighted by Gasteiger charge is 2.48. The molecular formula is C27H27N3O5. The van der Waals surface area contributed by atoms with Crippen LogP contribution in [0.25, 0.3) is 10.8 Å². The maximum atomic E-state index is 12.9. The molecule has 0 spiro atoms. The van der Waals surface area contributed by atoms with E-state index in [1.165, 1.54) is 6.92 Å². The molecule has 2 atom stereocenters. The summed E-state index contributed by atoms with van der Waals surface area (Å²) in [7, 11) is 0. The van der Waals surface area contributed by atoms with Crippen molar-refractivity contribution in [1.82, 2.24) is 10.2 Å². The molecule has 180 valence electrons. The molecule has 1 heterocycles. The fraction of sp³-hybridized carbons (Fsp3) is 0.259. The van der Waals surface area contributed by atoms with Crippen LogP contribution in [-0.2, 0) is 25.5 Å². The molecule has 1 saturated heterocycles. The number of hydrogen-bond donors (Lipinski definition) is 2. The molecule has 4 amide bonds. The Balaban J connectivity index is 1.31. The van der Waals surface area contributed by atoms with E-state index in [1.54, 1.807) is 13.0 Å². The summed E-state index contributed by atoms with van der Waals surface area (Å²) in [6.07, 6.45) is -0.134. The molecule has 1 fully saturated rings. The minimum atomic E-state index is -1.12. The van der Waals surface area contributed by atoms with E-state index in [0.717, 1.165) is 21.2 Å². The number of aryl methyl sites for hydroxylation is 1. The van der Waals surface area contributed by atoms with Crippen molar-refractivity contribution >= 4 is 40.3 Å². The van der Waals surface area contributed by atoms with E-state index in [-0.39, 0.29) is 0 Å². The Morgan fingerprint density at radius 1 is 1.00 bits per heavy atom. The molecule has 2 unspecified atom stereocenters. The van der Waals surface area contributed by atoms with Crippen LogP contribution in [0.3, 0.4) is 0 Å². The number of hydrogen-bond acceptors (Lipinski definition) is 5. The van der Waals surface area contributed by atoms with E-state index in [0.29, 0.717) is 18.5 Å². The van der Waals surface area contributed by atoms with Gasteiger partial charge in [-0.05, 0) is 55.2 Å². The summed E-state index contributed by atoms with van der Waals surface area (Å²) in [6, 6.07) is 22.2. The number of amides is 4. The van der Waals surface area contributed by atoms with Crippen LogP contribution in [0.5, 0.6) is 0 Å². The summed E-state index contributed by atoms with van der Waals surface area (Å²) in [5.41, 5.74) is 0.492. The van der Waals surface area contributed by atoms with Gasteiger partial charge in [-0.3, -0.25) is 19.3 Å². The first kappa shape index (κ1) is 23.9. The van der Waals surface area contributed by atoms with Gasteiger partial charge in [-0.15, -0.1) is 0 Å². The molecule has 0 aromatic heterocycles. The molecular weight excluding hydrogens is 446 g/mol. The molecule has 0 radical (unpaired) electrons. The van der Waals surface area contributed by atoms with E-state index in [2.05, 4.69) is 10.6 Å². The number of carbonyl (C=O) groups is 4. The third kappa shape index (κ3) is 5.48. The highest BCUT2D eigenvalue weighted by molar-refractivity contribution is 6.08. The van der Waals surface area contributed by atoms with Crippen molar-refractivity contribution in [2.75, 3.05) is 11.9 Å². The molecule has 4 rings (SSSR count). The molecule has 3 aromatic carbocycles. The lowest BCUT2D eigenvalue weighted by Gasteiger charge is -2.21. The van der Waals surface area contributed by atoms with Gasteiger partial charge in [0.25, 0.3) is 11.8 Å². The Hall–Kier alpha value is -4.20. The topological polar surface area (TPSA) is 105 Å². The van der Waals surface area contributed by atoms with Crippen LogP contribution in [0.15, 0.2) is 72.8 Å². The Morgan fingerprint density at radius 2 is 1.69 bits per heavy atom. The summed E-state index contributed by atoms with van der Waals surface area (Å²) >= 11 is 0. The van der Waals surface area contributed by atoms with E-state index in [9.17, 15) is 19.2 Å². The summed E-state index contributed by atoms with van der Waals surface area (Å²) in [6.45, 7) is 2.50. The third-order valence-corrected chi connectivity index (χ3v) is 6.08. The SMILES string of the molecule is CC(OC(=O)CN1C(=O)NC(C)(CCc2ccccc2)C1=O)C(=O)Nc1ccc2ccccc2c1. The van der Waals surface area contributed by atoms with Gasteiger partial charge < -0.3 is 15.4 Å². The second-order valence-electron chi connectivity index (χ2n) is 8.82. The molecule has 0 bridgehead atoms. The van der Waals surface area contributed by atoms with Gasteiger partial charge in [-0.2, -0.15) is 0 Å². The smallest absolute Gasteiger partial charge is 0.327 e. The number of nitrogens with one attached hydrogen (secondary N) is 2. The second-order valence-corrected chi connectivity index (χ2v) is 8.82. The Kier molecular flexibility index (Phi) is 6.82. The number of anilines is 1. The van der Waals surface area contributed by atoms with Gasteiger partial charge in [0.05, 0.1) is 0 Å². The molecule has 2 N–H and O–H groups in total. The van der Waals surface area contributed by atoms with Crippen molar-refractivity contribution < 1.29 is 23.9 Å². The molecule has 3 aromatic rings. The van der Waals surface area contributed by atoms with Crippen LogP contribution in [0.1, 0.15) is 25.8 Å². The first-order valence-electron chi connectivity index (χ1n) is 11.4. The van der Waals surface area contributed by atoms with Crippen molar-refractivity contribution in [2.24, 2.45) is 0 Å². The molecule has 8 nitrogen and oxygen atoms in total. The Labute approximate surface area is 203 Å². The van der Waals surface area contributed by atoms with E-state index >= 15 is 0 Å². The maximum absolute atomic E-state index is 12.9. The number of nitrogens with zero attached hydrogens (tertiary/aromatic N) is 1. The molecule has 0 aliphatic carbocycles. The van der Waals surface area contributed by atoms with Gasteiger partial charge in [-0.25, -0.2) is 4.79 Å². The van der Waals surface area contributed by atoms with Gasteiger partial charge in [0.1, 0.15) is 12.1 Å². The van der Waals surface area contributed by atoms with Crippen LogP contribution in [0.2, 0.25) is 0 Å². The lowest BCUT2D eigenvalue weighted by Crippen LogP contribution is -2.45. The van der Waals surface area contributed by atoms with Crippen LogP contribution >= 0.6 is 0 Å². The van der Waals surface area contributed by atoms with Crippen molar-refractivity contribution in [3.8, 4) is 0 Å². The minimum absolute atomic E-state index is 0.387. The predicted octanol–water partition coefficient (Wildman–Crippen LogP) is 3.65. The van der Waals surface area contributed by atoms with E-state index < -0.39 is 42.0 Å². The van der Waals surface area contributed by atoms with Gasteiger partial charge >= 0.3 is 12.0 Å². The van der Waals surface area contributed by atoms with Crippen molar-refractivity contribution in [1.29, 1.82) is 0 Å². The average molecular weight is 474 g/mol. The normalized spacial score (nSPS) is 18.3. The van der Waals surface area contributed by atoms with Crippen LogP contribution in [0.4, 0.5) is 10.5 Å². The monoisotopic (exact) mass is 473 g/mol. The molecule has 8 heteroatoms. The first-order valence-corrected chi connectivity index (χ1v) is 11.4. The fourth-order valence-electron chi connectivity index (χ4n) is 4.03. The van der Waals surface area contributed by atoms with Gasteiger partial charge in [0.15, 0.2) is 6.10 Å². The zero-order chi connectivity index (χ0) is 25.0. The summed E-state index contributed by atoms with van der Waals surface area (Å²) in [5, 5.41) is 7.40. The van der Waals surface area contributed by atoms with Crippen LogP contribution in [0, 0.1) is 0 Å². The quantitative estimate of drug-likeness (QED) is 0.384. The first-order chi connectivity index (χ1) is 16.7. The zero-order valence-corrected chi connectivity index (χ0v) is 19.6. The molecule has 0 saturated carbocycles. The Bertz CT molecular complexity index is 1280. The Morgan fingerprint density at radius 3 is 2.43 bits per heavy atom. The number of urea groups is 1. The summed E-state index contributed by atoms with van der Waals surface area (Å²) in [5.74, 6) is -1.86. The van der Waals surface area contributed by atoms with Gasteiger partial charge in [-0.1, -0.05) is 60.7 Å². The number of carbonyl (C=O) groups excluding carboxylic acids is 4.